The summed E-state index contributed by atoms with van der Waals surface area (Å²) in [7, 11) is 0. The first-order valence-corrected chi connectivity index (χ1v) is 5.07. The summed E-state index contributed by atoms with van der Waals surface area (Å²) in [4.78, 5) is 14.1. The van der Waals surface area contributed by atoms with E-state index in [0.717, 1.165) is 6.07 Å². The molecule has 0 unspecified atom stereocenters. The molecule has 1 heterocycles. The summed E-state index contributed by atoms with van der Waals surface area (Å²) in [6.07, 6.45) is -5.02. The SMILES string of the molecule is O=C(O)c1nc(I)cc(OC(F)(F)F)c1CF. The molecule has 0 aliphatic carbocycles. The minimum absolute atomic E-state index is 0.0450. The quantitative estimate of drug-likeness (QED) is 0.509. The van der Waals surface area contributed by atoms with Crippen LogP contribution in [0.2, 0.25) is 0 Å². The molecule has 0 amide bonds. The van der Waals surface area contributed by atoms with Crippen LogP contribution >= 0.6 is 22.6 Å². The van der Waals surface area contributed by atoms with Crippen molar-refractivity contribution in [1.29, 1.82) is 0 Å². The van der Waals surface area contributed by atoms with Gasteiger partial charge in [-0.05, 0) is 22.6 Å². The largest absolute Gasteiger partial charge is 0.573 e. The molecule has 4 nitrogen and oxygen atoms in total. The molecule has 0 bridgehead atoms. The molecule has 0 aromatic carbocycles. The van der Waals surface area contributed by atoms with E-state index in [4.69, 9.17) is 5.11 Å². The number of hydrogen-bond donors (Lipinski definition) is 1. The van der Waals surface area contributed by atoms with Crippen LogP contribution in [0.4, 0.5) is 17.6 Å². The number of rotatable bonds is 3. The van der Waals surface area contributed by atoms with Gasteiger partial charge in [0.1, 0.15) is 16.1 Å². The van der Waals surface area contributed by atoms with Crippen LogP contribution in [0.25, 0.3) is 0 Å². The molecule has 0 saturated carbocycles. The van der Waals surface area contributed by atoms with Gasteiger partial charge in [-0.15, -0.1) is 13.2 Å². The Kier molecular flexibility index (Phi) is 4.11. The topological polar surface area (TPSA) is 59.4 Å². The van der Waals surface area contributed by atoms with E-state index >= 15 is 0 Å². The third kappa shape index (κ3) is 3.68. The molecule has 0 saturated heterocycles. The smallest absolute Gasteiger partial charge is 0.476 e. The number of aromatic nitrogens is 1. The Bertz CT molecular complexity index is 449. The Morgan fingerprint density at radius 3 is 2.53 bits per heavy atom. The van der Waals surface area contributed by atoms with Crippen LogP contribution in [0.15, 0.2) is 6.07 Å². The maximum Gasteiger partial charge on any atom is 0.573 e. The van der Waals surface area contributed by atoms with Crippen LogP contribution in [0.3, 0.4) is 0 Å². The summed E-state index contributed by atoms with van der Waals surface area (Å²) < 4.78 is 52.1. The van der Waals surface area contributed by atoms with Crippen LogP contribution < -0.4 is 4.74 Å². The summed E-state index contributed by atoms with van der Waals surface area (Å²) >= 11 is 1.50. The Balaban J connectivity index is 3.33. The Hall–Kier alpha value is -1.13. The average Bonchev–Trinajstić information content (AvgIpc) is 2.14. The molecular formula is C8H4F4INO3. The van der Waals surface area contributed by atoms with Gasteiger partial charge in [0.05, 0.1) is 5.56 Å². The molecule has 1 rings (SSSR count). The summed E-state index contributed by atoms with van der Waals surface area (Å²) in [5, 5.41) is 8.67. The van der Waals surface area contributed by atoms with Gasteiger partial charge in [0, 0.05) is 6.07 Å². The van der Waals surface area contributed by atoms with E-state index in [1.807, 2.05) is 0 Å². The molecule has 9 heteroatoms. The van der Waals surface area contributed by atoms with Crippen LogP contribution in [-0.4, -0.2) is 22.4 Å². The lowest BCUT2D eigenvalue weighted by Crippen LogP contribution is -2.19. The fourth-order valence-corrected chi connectivity index (χ4v) is 1.56. The molecule has 94 valence electrons. The van der Waals surface area contributed by atoms with Gasteiger partial charge in [-0.2, -0.15) is 0 Å². The summed E-state index contributed by atoms with van der Waals surface area (Å²) in [5.41, 5.74) is -1.53. The first kappa shape index (κ1) is 13.9. The fraction of sp³-hybridized carbons (Fsp3) is 0.250. The summed E-state index contributed by atoms with van der Waals surface area (Å²) in [5.74, 6) is -2.51. The normalized spacial score (nSPS) is 11.4. The van der Waals surface area contributed by atoms with Gasteiger partial charge >= 0.3 is 12.3 Å². The third-order valence-corrected chi connectivity index (χ3v) is 2.17. The van der Waals surface area contributed by atoms with Gasteiger partial charge in [-0.3, -0.25) is 0 Å². The number of ether oxygens (including phenoxy) is 1. The van der Waals surface area contributed by atoms with E-state index < -0.39 is 36.0 Å². The predicted octanol–water partition coefficient (Wildman–Crippen LogP) is 2.75. The van der Waals surface area contributed by atoms with Crippen molar-refractivity contribution in [2.75, 3.05) is 0 Å². The van der Waals surface area contributed by atoms with Crippen molar-refractivity contribution in [3.63, 3.8) is 0 Å². The van der Waals surface area contributed by atoms with Gasteiger partial charge in [-0.1, -0.05) is 0 Å². The zero-order chi connectivity index (χ0) is 13.2. The molecule has 0 aliphatic rings. The standard InChI is InChI=1S/C8H4F4INO3/c9-2-3-4(17-8(10,11)12)1-5(13)14-6(3)7(15)16/h1H,2H2,(H,15,16). The van der Waals surface area contributed by atoms with E-state index in [1.54, 1.807) is 0 Å². The first-order chi connectivity index (χ1) is 7.74. The number of carboxylic acid groups (broad SMARTS) is 1. The molecule has 0 radical (unpaired) electrons. The molecular weight excluding hydrogens is 361 g/mol. The van der Waals surface area contributed by atoms with Gasteiger partial charge in [0.25, 0.3) is 0 Å². The molecule has 1 aromatic heterocycles. The van der Waals surface area contributed by atoms with E-state index in [-0.39, 0.29) is 3.70 Å². The monoisotopic (exact) mass is 365 g/mol. The highest BCUT2D eigenvalue weighted by Crippen LogP contribution is 2.30. The number of hydrogen-bond acceptors (Lipinski definition) is 3. The number of carbonyl (C=O) groups is 1. The van der Waals surface area contributed by atoms with Gasteiger partial charge in [0.15, 0.2) is 5.69 Å². The molecule has 0 fully saturated rings. The molecule has 17 heavy (non-hydrogen) atoms. The fourth-order valence-electron chi connectivity index (χ4n) is 1.04. The zero-order valence-corrected chi connectivity index (χ0v) is 10.0. The second-order valence-corrected chi connectivity index (χ2v) is 3.86. The number of pyridine rings is 1. The summed E-state index contributed by atoms with van der Waals surface area (Å²) in [6, 6.07) is 0.815. The molecule has 0 atom stereocenters. The highest BCUT2D eigenvalue weighted by Gasteiger charge is 2.33. The van der Waals surface area contributed by atoms with E-state index in [9.17, 15) is 22.4 Å². The van der Waals surface area contributed by atoms with E-state index in [1.165, 1.54) is 22.6 Å². The number of nitrogens with zero attached hydrogens (tertiary/aromatic N) is 1. The molecule has 1 N–H and O–H groups in total. The van der Waals surface area contributed by atoms with Crippen molar-refractivity contribution in [3.8, 4) is 5.75 Å². The Morgan fingerprint density at radius 1 is 1.53 bits per heavy atom. The van der Waals surface area contributed by atoms with Crippen molar-refractivity contribution in [2.45, 2.75) is 13.0 Å². The van der Waals surface area contributed by atoms with E-state index in [0.29, 0.717) is 0 Å². The first-order valence-electron chi connectivity index (χ1n) is 3.99. The number of aromatic carboxylic acids is 1. The Morgan fingerprint density at radius 2 is 2.12 bits per heavy atom. The minimum atomic E-state index is -5.02. The highest BCUT2D eigenvalue weighted by molar-refractivity contribution is 14.1. The second-order valence-electron chi connectivity index (χ2n) is 2.76. The summed E-state index contributed by atoms with van der Waals surface area (Å²) in [6.45, 7) is -1.42. The van der Waals surface area contributed by atoms with Crippen LogP contribution in [0.1, 0.15) is 16.1 Å². The van der Waals surface area contributed by atoms with Crippen molar-refractivity contribution >= 4 is 28.6 Å². The lowest BCUT2D eigenvalue weighted by atomic mass is 10.2. The lowest BCUT2D eigenvalue weighted by Gasteiger charge is -2.13. The number of carboxylic acids is 1. The second kappa shape index (κ2) is 5.02. The van der Waals surface area contributed by atoms with Crippen molar-refractivity contribution in [1.82, 2.24) is 4.98 Å². The van der Waals surface area contributed by atoms with Crippen molar-refractivity contribution in [2.24, 2.45) is 0 Å². The van der Waals surface area contributed by atoms with Gasteiger partial charge < -0.3 is 9.84 Å². The van der Waals surface area contributed by atoms with Crippen molar-refractivity contribution in [3.05, 3.63) is 21.0 Å². The van der Waals surface area contributed by atoms with E-state index in [2.05, 4.69) is 9.72 Å². The highest BCUT2D eigenvalue weighted by atomic mass is 127. The molecule has 0 aliphatic heterocycles. The third-order valence-electron chi connectivity index (χ3n) is 1.61. The number of halogens is 5. The van der Waals surface area contributed by atoms with Crippen LogP contribution in [0, 0.1) is 3.70 Å². The lowest BCUT2D eigenvalue weighted by molar-refractivity contribution is -0.275. The predicted molar refractivity (Wildman–Crippen MR) is 55.4 cm³/mol. The maximum atomic E-state index is 12.6. The zero-order valence-electron chi connectivity index (χ0n) is 7.89. The average molecular weight is 365 g/mol. The molecule has 1 aromatic rings. The Labute approximate surface area is 106 Å². The van der Waals surface area contributed by atoms with Crippen molar-refractivity contribution < 1.29 is 32.2 Å². The van der Waals surface area contributed by atoms with Crippen LogP contribution in [-0.2, 0) is 6.67 Å². The minimum Gasteiger partial charge on any atom is -0.476 e. The number of alkyl halides is 4. The van der Waals surface area contributed by atoms with Crippen LogP contribution in [0.5, 0.6) is 5.75 Å². The van der Waals surface area contributed by atoms with Gasteiger partial charge in [0.2, 0.25) is 0 Å². The molecule has 0 spiro atoms. The van der Waals surface area contributed by atoms with Gasteiger partial charge in [-0.25, -0.2) is 14.2 Å². The maximum absolute atomic E-state index is 12.6.